The maximum Gasteiger partial charge on any atom is 0.325 e. The highest BCUT2D eigenvalue weighted by Gasteiger charge is 2.30. The molecule has 0 aromatic rings. The van der Waals surface area contributed by atoms with Gasteiger partial charge >= 0.3 is 11.9 Å². The lowest BCUT2D eigenvalue weighted by molar-refractivity contribution is -0.155. The van der Waals surface area contributed by atoms with Gasteiger partial charge in [-0.3, -0.25) is 9.59 Å². The highest BCUT2D eigenvalue weighted by atomic mass is 35.5. The van der Waals surface area contributed by atoms with Gasteiger partial charge in [0, 0.05) is 5.03 Å². The summed E-state index contributed by atoms with van der Waals surface area (Å²) < 4.78 is 4.54. The first kappa shape index (κ1) is 12.0. The summed E-state index contributed by atoms with van der Waals surface area (Å²) in [5, 5.41) is 8.61. The van der Waals surface area contributed by atoms with E-state index in [4.69, 9.17) is 16.7 Å². The molecule has 1 atom stereocenters. The maximum atomic E-state index is 11.1. The van der Waals surface area contributed by atoms with Gasteiger partial charge in [0.2, 0.25) is 0 Å². The zero-order valence-corrected chi connectivity index (χ0v) is 8.17. The van der Waals surface area contributed by atoms with Gasteiger partial charge in [-0.1, -0.05) is 17.7 Å². The van der Waals surface area contributed by atoms with Gasteiger partial charge in [-0.15, -0.1) is 0 Å². The zero-order valence-electron chi connectivity index (χ0n) is 7.41. The summed E-state index contributed by atoms with van der Waals surface area (Å²) in [5.41, 5.74) is 0. The molecule has 0 fully saturated rings. The number of rotatable bonds is 4. The van der Waals surface area contributed by atoms with Crippen LogP contribution in [0.4, 0.5) is 0 Å². The zero-order chi connectivity index (χ0) is 10.4. The summed E-state index contributed by atoms with van der Waals surface area (Å²) in [6.45, 7) is 3.29. The van der Waals surface area contributed by atoms with Gasteiger partial charge < -0.3 is 9.84 Å². The number of carbonyl (C=O) groups excluding carboxylic acids is 1. The molecule has 1 unspecified atom stereocenters. The number of halogens is 1. The van der Waals surface area contributed by atoms with Crippen molar-refractivity contribution in [2.45, 2.75) is 13.8 Å². The van der Waals surface area contributed by atoms with Gasteiger partial charge in [0.25, 0.3) is 0 Å². The molecule has 1 N–H and O–H groups in total. The van der Waals surface area contributed by atoms with Gasteiger partial charge in [-0.25, -0.2) is 0 Å². The molecule has 0 aliphatic heterocycles. The van der Waals surface area contributed by atoms with Crippen molar-refractivity contribution in [2.75, 3.05) is 6.61 Å². The number of hydrogen-bond acceptors (Lipinski definition) is 3. The van der Waals surface area contributed by atoms with Gasteiger partial charge in [0.1, 0.15) is 0 Å². The molecule has 0 heterocycles. The van der Waals surface area contributed by atoms with Crippen LogP contribution < -0.4 is 0 Å². The first-order chi connectivity index (χ1) is 6.04. The van der Waals surface area contributed by atoms with E-state index in [1.54, 1.807) is 13.8 Å². The Morgan fingerprint density at radius 1 is 1.62 bits per heavy atom. The average Bonchev–Trinajstić information content (AvgIpc) is 2.04. The fourth-order valence-corrected chi connectivity index (χ4v) is 0.906. The lowest BCUT2D eigenvalue weighted by Gasteiger charge is -2.09. The van der Waals surface area contributed by atoms with Crippen molar-refractivity contribution in [3.63, 3.8) is 0 Å². The molecule has 0 radical (unpaired) electrons. The van der Waals surface area contributed by atoms with E-state index < -0.39 is 17.9 Å². The predicted molar refractivity (Wildman–Crippen MR) is 47.4 cm³/mol. The summed E-state index contributed by atoms with van der Waals surface area (Å²) in [7, 11) is 0. The summed E-state index contributed by atoms with van der Waals surface area (Å²) in [4.78, 5) is 21.6. The number of carboxylic acids is 1. The highest BCUT2D eigenvalue weighted by Crippen LogP contribution is 2.17. The van der Waals surface area contributed by atoms with Crippen molar-refractivity contribution in [3.8, 4) is 0 Å². The normalized spacial score (nSPS) is 13.6. The van der Waals surface area contributed by atoms with E-state index in [9.17, 15) is 9.59 Å². The van der Waals surface area contributed by atoms with Crippen LogP contribution in [0, 0.1) is 5.92 Å². The first-order valence-electron chi connectivity index (χ1n) is 3.75. The number of carbonyl (C=O) groups is 2. The number of esters is 1. The van der Waals surface area contributed by atoms with Crippen molar-refractivity contribution in [1.82, 2.24) is 0 Å². The third kappa shape index (κ3) is 3.46. The molecule has 0 saturated heterocycles. The largest absolute Gasteiger partial charge is 0.480 e. The second-order valence-corrected chi connectivity index (χ2v) is 2.63. The topological polar surface area (TPSA) is 63.6 Å². The molecule has 0 aromatic heterocycles. The fourth-order valence-electron chi connectivity index (χ4n) is 0.724. The molecule has 0 aliphatic rings. The van der Waals surface area contributed by atoms with Crippen molar-refractivity contribution in [2.24, 2.45) is 5.92 Å². The maximum absolute atomic E-state index is 11.1. The Balaban J connectivity index is 4.62. The van der Waals surface area contributed by atoms with Crippen molar-refractivity contribution < 1.29 is 19.4 Å². The van der Waals surface area contributed by atoms with Crippen LogP contribution in [0.1, 0.15) is 13.8 Å². The molecule has 0 aliphatic carbocycles. The van der Waals surface area contributed by atoms with Crippen LogP contribution in [-0.4, -0.2) is 23.7 Å². The van der Waals surface area contributed by atoms with E-state index in [0.29, 0.717) is 0 Å². The van der Waals surface area contributed by atoms with Gasteiger partial charge in [-0.2, -0.15) is 0 Å². The van der Waals surface area contributed by atoms with Crippen LogP contribution in [-0.2, 0) is 14.3 Å². The van der Waals surface area contributed by atoms with E-state index in [0.717, 1.165) is 0 Å². The van der Waals surface area contributed by atoms with Gasteiger partial charge in [0.15, 0.2) is 5.92 Å². The third-order valence-electron chi connectivity index (χ3n) is 1.32. The minimum absolute atomic E-state index is 0.0362. The summed E-state index contributed by atoms with van der Waals surface area (Å²) in [6.07, 6.45) is 1.36. The van der Waals surface area contributed by atoms with Crippen molar-refractivity contribution >= 4 is 23.5 Å². The van der Waals surface area contributed by atoms with E-state index >= 15 is 0 Å². The van der Waals surface area contributed by atoms with E-state index in [1.807, 2.05) is 0 Å². The van der Waals surface area contributed by atoms with E-state index in [1.165, 1.54) is 6.08 Å². The predicted octanol–water partition coefficient (Wildman–Crippen LogP) is 1.39. The molecule has 74 valence electrons. The fraction of sp³-hybridized carbons (Fsp3) is 0.500. The van der Waals surface area contributed by atoms with Crippen LogP contribution in [0.25, 0.3) is 0 Å². The summed E-state index contributed by atoms with van der Waals surface area (Å²) in [6, 6.07) is 0. The highest BCUT2D eigenvalue weighted by molar-refractivity contribution is 6.33. The van der Waals surface area contributed by atoms with Crippen LogP contribution in [0.3, 0.4) is 0 Å². The Bertz CT molecular complexity index is 234. The lowest BCUT2D eigenvalue weighted by atomic mass is 10.1. The van der Waals surface area contributed by atoms with Gasteiger partial charge in [0.05, 0.1) is 6.61 Å². The Morgan fingerprint density at radius 2 is 2.15 bits per heavy atom. The van der Waals surface area contributed by atoms with E-state index in [-0.39, 0.29) is 11.6 Å². The van der Waals surface area contributed by atoms with Gasteiger partial charge in [-0.05, 0) is 13.8 Å². The molecular weight excluding hydrogens is 196 g/mol. The number of aliphatic carboxylic acids is 1. The summed E-state index contributed by atoms with van der Waals surface area (Å²) >= 11 is 5.54. The molecule has 5 heteroatoms. The number of hydrogen-bond donors (Lipinski definition) is 1. The number of allylic oxidation sites excluding steroid dienone is 1. The molecule has 0 spiro atoms. The minimum Gasteiger partial charge on any atom is -0.480 e. The second kappa shape index (κ2) is 5.59. The van der Waals surface area contributed by atoms with Crippen LogP contribution in [0.2, 0.25) is 0 Å². The van der Waals surface area contributed by atoms with Crippen LogP contribution >= 0.6 is 11.6 Å². The number of ether oxygens (including phenoxy) is 1. The molecule has 13 heavy (non-hydrogen) atoms. The minimum atomic E-state index is -1.40. The molecule has 0 saturated carbocycles. The second-order valence-electron chi connectivity index (χ2n) is 2.20. The molecule has 0 rings (SSSR count). The smallest absolute Gasteiger partial charge is 0.325 e. The molecule has 0 bridgehead atoms. The Morgan fingerprint density at radius 3 is 2.46 bits per heavy atom. The third-order valence-corrected chi connectivity index (χ3v) is 1.76. The standard InChI is InChI=1S/C8H11ClO4/c1-3-5(9)6(7(10)11)8(12)13-4-2/h3,6H,4H2,1-2H3,(H,10,11). The Hall–Kier alpha value is -1.03. The molecular formula is C8H11ClO4. The molecule has 0 amide bonds. The summed E-state index contributed by atoms with van der Waals surface area (Å²) in [5.74, 6) is -3.54. The number of carboxylic acid groups (broad SMARTS) is 1. The van der Waals surface area contributed by atoms with Crippen molar-refractivity contribution in [3.05, 3.63) is 11.1 Å². The lowest BCUT2D eigenvalue weighted by Crippen LogP contribution is -2.26. The van der Waals surface area contributed by atoms with Crippen molar-refractivity contribution in [1.29, 1.82) is 0 Å². The monoisotopic (exact) mass is 206 g/mol. The Kier molecular flexibility index (Phi) is 5.14. The van der Waals surface area contributed by atoms with Crippen LogP contribution in [0.5, 0.6) is 0 Å². The average molecular weight is 207 g/mol. The SMILES string of the molecule is CC=C(Cl)C(C(=O)O)C(=O)OCC. The van der Waals surface area contributed by atoms with E-state index in [2.05, 4.69) is 4.74 Å². The quantitative estimate of drug-likeness (QED) is 0.558. The molecule has 0 aromatic carbocycles. The molecule has 4 nitrogen and oxygen atoms in total. The Labute approximate surface area is 81.1 Å². The van der Waals surface area contributed by atoms with Crippen LogP contribution in [0.15, 0.2) is 11.1 Å². The first-order valence-corrected chi connectivity index (χ1v) is 4.13.